The summed E-state index contributed by atoms with van der Waals surface area (Å²) in [5.41, 5.74) is 1.70. The summed E-state index contributed by atoms with van der Waals surface area (Å²) >= 11 is 11.5. The van der Waals surface area contributed by atoms with Gasteiger partial charge in [0.25, 0.3) is 5.56 Å². The molecular formula is C16H11Cl2N3O3. The molecule has 3 rings (SSSR count). The molecule has 0 aromatic carbocycles. The van der Waals surface area contributed by atoms with Crippen LogP contribution in [0.25, 0.3) is 5.65 Å². The summed E-state index contributed by atoms with van der Waals surface area (Å²) in [6, 6.07) is 6.27. The van der Waals surface area contributed by atoms with Crippen LogP contribution in [0.5, 0.6) is 0 Å². The molecule has 3 aromatic rings. The zero-order chi connectivity index (χ0) is 17.3. The Bertz CT molecular complexity index is 1000. The lowest BCUT2D eigenvalue weighted by Gasteiger charge is -2.07. The lowest BCUT2D eigenvalue weighted by atomic mass is 10.3. The summed E-state index contributed by atoms with van der Waals surface area (Å²) in [5, 5.41) is 0.260. The predicted molar refractivity (Wildman–Crippen MR) is 89.6 cm³/mol. The zero-order valence-electron chi connectivity index (χ0n) is 12.5. The van der Waals surface area contributed by atoms with E-state index >= 15 is 0 Å². The van der Waals surface area contributed by atoms with Gasteiger partial charge in [0.05, 0.1) is 16.3 Å². The molecule has 0 N–H and O–H groups in total. The van der Waals surface area contributed by atoms with Crippen LogP contribution in [0.15, 0.2) is 41.5 Å². The Morgan fingerprint density at radius 3 is 2.83 bits per heavy atom. The first-order valence-corrected chi connectivity index (χ1v) is 7.67. The molecule has 0 spiro atoms. The Hall–Kier alpha value is -2.44. The van der Waals surface area contributed by atoms with Crippen molar-refractivity contribution in [3.05, 3.63) is 74.0 Å². The largest absolute Gasteiger partial charge is 0.456 e. The molecule has 0 aliphatic rings. The van der Waals surface area contributed by atoms with Crippen molar-refractivity contribution in [1.29, 1.82) is 0 Å². The van der Waals surface area contributed by atoms with Gasteiger partial charge in [0, 0.05) is 18.5 Å². The molecule has 0 saturated heterocycles. The number of pyridine rings is 2. The molecule has 122 valence electrons. The lowest BCUT2D eigenvalue weighted by molar-refractivity contribution is 0.0467. The van der Waals surface area contributed by atoms with Crippen LogP contribution in [0.1, 0.15) is 21.6 Å². The fourth-order valence-corrected chi connectivity index (χ4v) is 2.36. The molecular weight excluding hydrogens is 353 g/mol. The molecule has 0 fully saturated rings. The molecule has 6 nitrogen and oxygen atoms in total. The summed E-state index contributed by atoms with van der Waals surface area (Å²) in [7, 11) is 0. The Morgan fingerprint density at radius 2 is 2.08 bits per heavy atom. The van der Waals surface area contributed by atoms with Crippen molar-refractivity contribution in [1.82, 2.24) is 14.4 Å². The van der Waals surface area contributed by atoms with Crippen LogP contribution in [0.2, 0.25) is 10.2 Å². The van der Waals surface area contributed by atoms with Crippen molar-refractivity contribution >= 4 is 34.8 Å². The average Bonchev–Trinajstić information content (AvgIpc) is 2.56. The highest BCUT2D eigenvalue weighted by Gasteiger charge is 2.12. The van der Waals surface area contributed by atoms with Gasteiger partial charge in [0.15, 0.2) is 0 Å². The maximum Gasteiger partial charge on any atom is 0.340 e. The standard InChI is InChI=1S/C16H11Cl2N3O3/c1-9-2-3-13-20-11(5-14(22)21(13)7-9)8-24-16(23)10-4-12(17)15(18)19-6-10/h2-7H,8H2,1H3. The highest BCUT2D eigenvalue weighted by atomic mass is 35.5. The lowest BCUT2D eigenvalue weighted by Crippen LogP contribution is -2.17. The van der Waals surface area contributed by atoms with Gasteiger partial charge >= 0.3 is 5.97 Å². The number of hydrogen-bond donors (Lipinski definition) is 0. The van der Waals surface area contributed by atoms with E-state index < -0.39 is 5.97 Å². The molecule has 0 radical (unpaired) electrons. The SMILES string of the molecule is Cc1ccc2nc(COC(=O)c3cnc(Cl)c(Cl)c3)cc(=O)n2c1. The smallest absolute Gasteiger partial charge is 0.340 e. The normalized spacial score (nSPS) is 10.8. The second kappa shape index (κ2) is 6.59. The minimum atomic E-state index is -0.632. The van der Waals surface area contributed by atoms with Gasteiger partial charge in [-0.15, -0.1) is 0 Å². The van der Waals surface area contributed by atoms with E-state index in [9.17, 15) is 9.59 Å². The van der Waals surface area contributed by atoms with Gasteiger partial charge in [0.2, 0.25) is 0 Å². The maximum atomic E-state index is 12.1. The molecule has 24 heavy (non-hydrogen) atoms. The first kappa shape index (κ1) is 16.4. The highest BCUT2D eigenvalue weighted by Crippen LogP contribution is 2.20. The molecule has 0 aliphatic heterocycles. The third-order valence-electron chi connectivity index (χ3n) is 3.24. The Morgan fingerprint density at radius 1 is 1.29 bits per heavy atom. The van der Waals surface area contributed by atoms with E-state index in [2.05, 4.69) is 9.97 Å². The van der Waals surface area contributed by atoms with Gasteiger partial charge in [-0.25, -0.2) is 14.8 Å². The number of rotatable bonds is 3. The van der Waals surface area contributed by atoms with Crippen molar-refractivity contribution in [2.24, 2.45) is 0 Å². The van der Waals surface area contributed by atoms with Crippen LogP contribution in [0.3, 0.4) is 0 Å². The quantitative estimate of drug-likeness (QED) is 0.528. The number of carbonyl (C=O) groups is 1. The van der Waals surface area contributed by atoms with Gasteiger partial charge in [-0.05, 0) is 24.6 Å². The summed E-state index contributed by atoms with van der Waals surface area (Å²) in [6.45, 7) is 1.74. The van der Waals surface area contributed by atoms with Crippen LogP contribution in [-0.4, -0.2) is 20.3 Å². The van der Waals surface area contributed by atoms with Crippen LogP contribution in [-0.2, 0) is 11.3 Å². The second-order valence-electron chi connectivity index (χ2n) is 5.09. The third-order valence-corrected chi connectivity index (χ3v) is 3.93. The monoisotopic (exact) mass is 363 g/mol. The number of halogens is 2. The van der Waals surface area contributed by atoms with E-state index in [0.29, 0.717) is 11.3 Å². The van der Waals surface area contributed by atoms with E-state index in [1.807, 2.05) is 13.0 Å². The zero-order valence-corrected chi connectivity index (χ0v) is 14.0. The number of ether oxygens (including phenoxy) is 1. The van der Waals surface area contributed by atoms with E-state index in [1.54, 1.807) is 12.3 Å². The van der Waals surface area contributed by atoms with Crippen LogP contribution in [0, 0.1) is 6.92 Å². The molecule has 0 aliphatic carbocycles. The van der Waals surface area contributed by atoms with Gasteiger partial charge in [-0.3, -0.25) is 9.20 Å². The molecule has 0 saturated carbocycles. The van der Waals surface area contributed by atoms with Crippen molar-refractivity contribution in [3.63, 3.8) is 0 Å². The molecule has 0 bridgehead atoms. The van der Waals surface area contributed by atoms with Crippen molar-refractivity contribution < 1.29 is 9.53 Å². The molecule has 3 heterocycles. The number of aryl methyl sites for hydroxylation is 1. The Labute approximate surface area is 146 Å². The van der Waals surface area contributed by atoms with E-state index in [1.165, 1.54) is 22.7 Å². The fourth-order valence-electron chi connectivity index (χ4n) is 2.09. The number of fused-ring (bicyclic) bond motifs is 1. The summed E-state index contributed by atoms with van der Waals surface area (Å²) in [6.07, 6.45) is 2.96. The molecule has 8 heteroatoms. The fraction of sp³-hybridized carbons (Fsp3) is 0.125. The Kier molecular flexibility index (Phi) is 4.51. The number of aromatic nitrogens is 3. The topological polar surface area (TPSA) is 73.6 Å². The number of carbonyl (C=O) groups excluding carboxylic acids is 1. The average molecular weight is 364 g/mol. The van der Waals surface area contributed by atoms with Gasteiger partial charge in [-0.1, -0.05) is 29.3 Å². The molecule has 0 unspecified atom stereocenters. The number of nitrogens with zero attached hydrogens (tertiary/aromatic N) is 3. The minimum absolute atomic E-state index is 0.104. The molecule has 0 amide bonds. The van der Waals surface area contributed by atoms with Gasteiger partial charge < -0.3 is 4.74 Å². The first-order chi connectivity index (χ1) is 11.4. The van der Waals surface area contributed by atoms with Crippen LogP contribution < -0.4 is 5.56 Å². The van der Waals surface area contributed by atoms with Crippen LogP contribution >= 0.6 is 23.2 Å². The minimum Gasteiger partial charge on any atom is -0.456 e. The summed E-state index contributed by atoms with van der Waals surface area (Å²) in [5.74, 6) is -0.632. The number of hydrogen-bond acceptors (Lipinski definition) is 5. The highest BCUT2D eigenvalue weighted by molar-refractivity contribution is 6.41. The van der Waals surface area contributed by atoms with E-state index in [4.69, 9.17) is 27.9 Å². The van der Waals surface area contributed by atoms with Crippen molar-refractivity contribution in [3.8, 4) is 0 Å². The molecule has 0 atom stereocenters. The Balaban J connectivity index is 1.80. The molecule has 3 aromatic heterocycles. The van der Waals surface area contributed by atoms with Crippen LogP contribution in [0.4, 0.5) is 0 Å². The van der Waals surface area contributed by atoms with E-state index in [-0.39, 0.29) is 27.9 Å². The van der Waals surface area contributed by atoms with Crippen molar-refractivity contribution in [2.45, 2.75) is 13.5 Å². The maximum absolute atomic E-state index is 12.1. The van der Waals surface area contributed by atoms with E-state index in [0.717, 1.165) is 5.56 Å². The summed E-state index contributed by atoms with van der Waals surface area (Å²) in [4.78, 5) is 32.2. The van der Waals surface area contributed by atoms with Gasteiger partial charge in [-0.2, -0.15) is 0 Å². The predicted octanol–water partition coefficient (Wildman–Crippen LogP) is 3.06. The van der Waals surface area contributed by atoms with Crippen molar-refractivity contribution in [2.75, 3.05) is 0 Å². The third kappa shape index (κ3) is 3.39. The second-order valence-corrected chi connectivity index (χ2v) is 5.86. The van der Waals surface area contributed by atoms with Gasteiger partial charge in [0.1, 0.15) is 17.4 Å². The summed E-state index contributed by atoms with van der Waals surface area (Å²) < 4.78 is 6.58. The first-order valence-electron chi connectivity index (χ1n) is 6.91. The number of esters is 1.